The van der Waals surface area contributed by atoms with E-state index in [0.717, 1.165) is 0 Å². The lowest BCUT2D eigenvalue weighted by Crippen LogP contribution is -2.31. The molecule has 8 heteroatoms. The Morgan fingerprint density at radius 2 is 1.88 bits per heavy atom. The van der Waals surface area contributed by atoms with E-state index in [4.69, 9.17) is 14.2 Å². The van der Waals surface area contributed by atoms with E-state index in [-0.39, 0.29) is 18.0 Å². The fourth-order valence-electron chi connectivity index (χ4n) is 2.07. The summed E-state index contributed by atoms with van der Waals surface area (Å²) in [5.41, 5.74) is 0.189. The van der Waals surface area contributed by atoms with Crippen LogP contribution in [0.25, 0.3) is 0 Å². The number of hydrogen-bond acceptors (Lipinski definition) is 6. The normalized spacial score (nSPS) is 11.5. The first-order chi connectivity index (χ1) is 12.0. The van der Waals surface area contributed by atoms with Gasteiger partial charge in [0.2, 0.25) is 0 Å². The van der Waals surface area contributed by atoms with Crippen molar-refractivity contribution in [3.63, 3.8) is 0 Å². The Bertz CT molecular complexity index is 739. The number of benzene rings is 1. The number of aryl methyl sites for hydroxylation is 1. The van der Waals surface area contributed by atoms with Crippen LogP contribution in [0.5, 0.6) is 11.5 Å². The molecule has 1 atom stereocenters. The maximum atomic E-state index is 12.4. The van der Waals surface area contributed by atoms with Crippen molar-refractivity contribution >= 4 is 17.7 Å². The van der Waals surface area contributed by atoms with E-state index in [1.807, 2.05) is 0 Å². The van der Waals surface area contributed by atoms with Crippen molar-refractivity contribution < 1.29 is 23.8 Å². The van der Waals surface area contributed by atoms with E-state index in [9.17, 15) is 9.59 Å². The summed E-state index contributed by atoms with van der Waals surface area (Å²) in [5.74, 6) is 0.519. The molecule has 0 aliphatic rings. The summed E-state index contributed by atoms with van der Waals surface area (Å²) >= 11 is 0. The number of rotatable bonds is 7. The van der Waals surface area contributed by atoms with Crippen LogP contribution < -0.4 is 14.8 Å². The Labute approximate surface area is 145 Å². The lowest BCUT2D eigenvalue weighted by Gasteiger charge is -2.15. The zero-order valence-electron chi connectivity index (χ0n) is 14.6. The standard InChI is InChI=1S/C17H21N3O5/c1-5-24-17(22)14-10-18-20(3)15(14)19-16(21)11(2)25-13-8-6-12(23-4)7-9-13/h6-11H,5H2,1-4H3,(H,19,21). The Morgan fingerprint density at radius 1 is 1.24 bits per heavy atom. The van der Waals surface area contributed by atoms with Gasteiger partial charge in [-0.2, -0.15) is 5.10 Å². The van der Waals surface area contributed by atoms with E-state index in [1.54, 1.807) is 52.3 Å². The summed E-state index contributed by atoms with van der Waals surface area (Å²) in [6, 6.07) is 6.88. The maximum Gasteiger partial charge on any atom is 0.343 e. The number of nitrogens with one attached hydrogen (secondary N) is 1. The minimum Gasteiger partial charge on any atom is -0.497 e. The van der Waals surface area contributed by atoms with Gasteiger partial charge >= 0.3 is 5.97 Å². The molecule has 8 nitrogen and oxygen atoms in total. The third-order valence-electron chi connectivity index (χ3n) is 3.42. The molecular formula is C17H21N3O5. The summed E-state index contributed by atoms with van der Waals surface area (Å²) < 4.78 is 17.0. The second kappa shape index (κ2) is 8.18. The van der Waals surface area contributed by atoms with Gasteiger partial charge in [-0.15, -0.1) is 0 Å². The topological polar surface area (TPSA) is 91.7 Å². The number of ether oxygens (including phenoxy) is 3. The highest BCUT2D eigenvalue weighted by Gasteiger charge is 2.22. The van der Waals surface area contributed by atoms with E-state index < -0.39 is 18.0 Å². The predicted molar refractivity (Wildman–Crippen MR) is 90.9 cm³/mol. The third kappa shape index (κ3) is 4.50. The zero-order valence-corrected chi connectivity index (χ0v) is 14.6. The lowest BCUT2D eigenvalue weighted by atomic mass is 10.3. The van der Waals surface area contributed by atoms with Gasteiger partial charge < -0.3 is 19.5 Å². The van der Waals surface area contributed by atoms with E-state index in [1.165, 1.54) is 10.9 Å². The van der Waals surface area contributed by atoms with Gasteiger partial charge in [-0.25, -0.2) is 4.79 Å². The van der Waals surface area contributed by atoms with Gasteiger partial charge in [0.1, 0.15) is 22.9 Å². The van der Waals surface area contributed by atoms with Crippen molar-refractivity contribution in [1.82, 2.24) is 9.78 Å². The number of methoxy groups -OCH3 is 1. The van der Waals surface area contributed by atoms with Crippen LogP contribution in [0, 0.1) is 0 Å². The third-order valence-corrected chi connectivity index (χ3v) is 3.42. The molecule has 0 aliphatic carbocycles. The number of aromatic nitrogens is 2. The first-order valence-corrected chi connectivity index (χ1v) is 7.77. The second-order valence-electron chi connectivity index (χ2n) is 5.18. The number of hydrogen-bond donors (Lipinski definition) is 1. The molecule has 134 valence electrons. The number of carbonyl (C=O) groups is 2. The van der Waals surface area contributed by atoms with Crippen molar-refractivity contribution in [3.8, 4) is 11.5 Å². The molecule has 0 fully saturated rings. The van der Waals surface area contributed by atoms with Crippen molar-refractivity contribution in [2.24, 2.45) is 7.05 Å². The summed E-state index contributed by atoms with van der Waals surface area (Å²) in [6.07, 6.45) is 0.570. The Hall–Kier alpha value is -3.03. The Balaban J connectivity index is 2.05. The number of amides is 1. The first-order valence-electron chi connectivity index (χ1n) is 7.77. The number of nitrogens with zero attached hydrogens (tertiary/aromatic N) is 2. The van der Waals surface area contributed by atoms with Crippen LogP contribution in [0.1, 0.15) is 24.2 Å². The van der Waals surface area contributed by atoms with Crippen molar-refractivity contribution in [3.05, 3.63) is 36.0 Å². The SMILES string of the molecule is CCOC(=O)c1cnn(C)c1NC(=O)C(C)Oc1ccc(OC)cc1. The summed E-state index contributed by atoms with van der Waals surface area (Å²) in [6.45, 7) is 3.55. The minimum atomic E-state index is -0.779. The molecule has 0 saturated carbocycles. The molecular weight excluding hydrogens is 326 g/mol. The smallest absolute Gasteiger partial charge is 0.343 e. The highest BCUT2D eigenvalue weighted by atomic mass is 16.5. The quantitative estimate of drug-likeness (QED) is 0.771. The fraction of sp³-hybridized carbons (Fsp3) is 0.353. The lowest BCUT2D eigenvalue weighted by molar-refractivity contribution is -0.122. The van der Waals surface area contributed by atoms with Crippen LogP contribution in [0.15, 0.2) is 30.5 Å². The molecule has 1 amide bonds. The van der Waals surface area contributed by atoms with Gasteiger partial charge in [-0.05, 0) is 38.1 Å². The predicted octanol–water partition coefficient (Wildman–Crippen LogP) is 2.01. The summed E-state index contributed by atoms with van der Waals surface area (Å²) in [5, 5.41) is 6.63. The molecule has 1 aromatic heterocycles. The van der Waals surface area contributed by atoms with Gasteiger partial charge in [0.15, 0.2) is 6.10 Å². The van der Waals surface area contributed by atoms with Crippen LogP contribution in [-0.2, 0) is 16.6 Å². The van der Waals surface area contributed by atoms with Crippen molar-refractivity contribution in [1.29, 1.82) is 0 Å². The largest absolute Gasteiger partial charge is 0.497 e. The highest BCUT2D eigenvalue weighted by molar-refractivity contribution is 6.01. The van der Waals surface area contributed by atoms with E-state index in [0.29, 0.717) is 11.5 Å². The molecule has 0 aliphatic heterocycles. The average molecular weight is 347 g/mol. The van der Waals surface area contributed by atoms with Crippen molar-refractivity contribution in [2.75, 3.05) is 19.0 Å². The monoisotopic (exact) mass is 347 g/mol. The fourth-order valence-corrected chi connectivity index (χ4v) is 2.07. The molecule has 0 spiro atoms. The van der Waals surface area contributed by atoms with Crippen LogP contribution in [0.3, 0.4) is 0 Å². The summed E-state index contributed by atoms with van der Waals surface area (Å²) in [4.78, 5) is 24.3. The Morgan fingerprint density at radius 3 is 2.48 bits per heavy atom. The number of anilines is 1. The molecule has 1 unspecified atom stereocenters. The zero-order chi connectivity index (χ0) is 18.4. The van der Waals surface area contributed by atoms with Gasteiger partial charge in [-0.1, -0.05) is 0 Å². The maximum absolute atomic E-state index is 12.4. The average Bonchev–Trinajstić information content (AvgIpc) is 2.96. The molecule has 1 aromatic carbocycles. The molecule has 1 N–H and O–H groups in total. The van der Waals surface area contributed by atoms with Crippen molar-refractivity contribution in [2.45, 2.75) is 20.0 Å². The molecule has 2 aromatic rings. The van der Waals surface area contributed by atoms with Crippen LogP contribution in [0.2, 0.25) is 0 Å². The molecule has 1 heterocycles. The molecule has 0 bridgehead atoms. The number of esters is 1. The molecule has 0 saturated heterocycles. The molecule has 25 heavy (non-hydrogen) atoms. The summed E-state index contributed by atoms with van der Waals surface area (Å²) in [7, 11) is 3.19. The second-order valence-corrected chi connectivity index (χ2v) is 5.18. The van der Waals surface area contributed by atoms with Crippen LogP contribution in [0.4, 0.5) is 5.82 Å². The Kier molecular flexibility index (Phi) is 5.99. The van der Waals surface area contributed by atoms with Crippen LogP contribution in [-0.4, -0.2) is 41.5 Å². The molecule has 2 rings (SSSR count). The van der Waals surface area contributed by atoms with Gasteiger partial charge in [-0.3, -0.25) is 9.48 Å². The number of carbonyl (C=O) groups excluding carboxylic acids is 2. The first kappa shape index (κ1) is 18.3. The van der Waals surface area contributed by atoms with Gasteiger partial charge in [0.05, 0.1) is 19.9 Å². The van der Waals surface area contributed by atoms with E-state index >= 15 is 0 Å². The van der Waals surface area contributed by atoms with Gasteiger partial charge in [0.25, 0.3) is 5.91 Å². The molecule has 0 radical (unpaired) electrons. The highest BCUT2D eigenvalue weighted by Crippen LogP contribution is 2.19. The van der Waals surface area contributed by atoms with E-state index in [2.05, 4.69) is 10.4 Å². The van der Waals surface area contributed by atoms with Crippen LogP contribution >= 0.6 is 0 Å². The minimum absolute atomic E-state index is 0.189. The van der Waals surface area contributed by atoms with Gasteiger partial charge in [0, 0.05) is 7.05 Å².